The molecule has 5 nitrogen and oxygen atoms in total. The van der Waals surface area contributed by atoms with Crippen LogP contribution in [0.1, 0.15) is 36.7 Å². The number of amides is 1. The smallest absolute Gasteiger partial charge is 0.246 e. The third-order valence-electron chi connectivity index (χ3n) is 5.83. The highest BCUT2D eigenvalue weighted by Crippen LogP contribution is 2.23. The van der Waals surface area contributed by atoms with Gasteiger partial charge in [-0.2, -0.15) is 0 Å². The molecule has 0 aliphatic carbocycles. The first-order chi connectivity index (χ1) is 15.5. The Morgan fingerprint density at radius 1 is 0.938 bits per heavy atom. The summed E-state index contributed by atoms with van der Waals surface area (Å²) in [6.07, 6.45) is 3.58. The van der Waals surface area contributed by atoms with E-state index in [1.807, 2.05) is 42.2 Å². The SMILES string of the molecule is Cc1nc(-c2ccccc2)cc(N2CCN(C(=O)/C=C/c3ccc(C(C)C)cc3)CC2)n1. The fourth-order valence-corrected chi connectivity index (χ4v) is 3.89. The van der Waals surface area contributed by atoms with Crippen LogP contribution in [-0.2, 0) is 4.79 Å². The first kappa shape index (κ1) is 21.8. The van der Waals surface area contributed by atoms with Gasteiger partial charge in [0, 0.05) is 43.9 Å². The molecular formula is C27H30N4O. The third kappa shape index (κ3) is 5.22. The molecule has 1 aliphatic rings. The first-order valence-corrected chi connectivity index (χ1v) is 11.2. The van der Waals surface area contributed by atoms with Crippen LogP contribution in [0.15, 0.2) is 66.7 Å². The predicted octanol–water partition coefficient (Wildman–Crippen LogP) is 4.94. The van der Waals surface area contributed by atoms with Gasteiger partial charge in [-0.1, -0.05) is 68.4 Å². The van der Waals surface area contributed by atoms with Crippen LogP contribution in [0.5, 0.6) is 0 Å². The van der Waals surface area contributed by atoms with Gasteiger partial charge < -0.3 is 9.80 Å². The Morgan fingerprint density at radius 3 is 2.28 bits per heavy atom. The van der Waals surface area contributed by atoms with Crippen LogP contribution < -0.4 is 4.90 Å². The predicted molar refractivity (Wildman–Crippen MR) is 131 cm³/mol. The van der Waals surface area contributed by atoms with Crippen LogP contribution in [0.3, 0.4) is 0 Å². The van der Waals surface area contributed by atoms with E-state index in [1.54, 1.807) is 6.08 Å². The van der Waals surface area contributed by atoms with Crippen molar-refractivity contribution in [1.29, 1.82) is 0 Å². The molecule has 2 heterocycles. The molecule has 0 N–H and O–H groups in total. The zero-order chi connectivity index (χ0) is 22.5. The number of nitrogens with zero attached hydrogens (tertiary/aromatic N) is 4. The van der Waals surface area contributed by atoms with Gasteiger partial charge >= 0.3 is 0 Å². The minimum atomic E-state index is 0.0569. The molecule has 0 bridgehead atoms. The molecule has 1 aliphatic heterocycles. The lowest BCUT2D eigenvalue weighted by molar-refractivity contribution is -0.126. The fourth-order valence-electron chi connectivity index (χ4n) is 3.89. The number of hydrogen-bond acceptors (Lipinski definition) is 4. The number of hydrogen-bond donors (Lipinski definition) is 0. The molecule has 32 heavy (non-hydrogen) atoms. The lowest BCUT2D eigenvalue weighted by atomic mass is 10.0. The van der Waals surface area contributed by atoms with Crippen molar-refractivity contribution in [3.63, 3.8) is 0 Å². The maximum atomic E-state index is 12.7. The van der Waals surface area contributed by atoms with Crippen LogP contribution >= 0.6 is 0 Å². The summed E-state index contributed by atoms with van der Waals surface area (Å²) in [5, 5.41) is 0. The number of aryl methyl sites for hydroxylation is 1. The standard InChI is InChI=1S/C27H30N4O/c1-20(2)23-12-9-22(10-13-23)11-14-27(32)31-17-15-30(16-18-31)26-19-25(28-21(3)29-26)24-7-5-4-6-8-24/h4-14,19-20H,15-18H2,1-3H3/b14-11+. The van der Waals surface area contributed by atoms with E-state index < -0.39 is 0 Å². The van der Waals surface area contributed by atoms with E-state index in [2.05, 4.69) is 65.1 Å². The lowest BCUT2D eigenvalue weighted by Crippen LogP contribution is -2.48. The molecule has 3 aromatic rings. The fraction of sp³-hybridized carbons (Fsp3) is 0.296. The molecule has 4 rings (SSSR count). The zero-order valence-corrected chi connectivity index (χ0v) is 19.0. The number of anilines is 1. The Labute approximate surface area is 190 Å². The van der Waals surface area contributed by atoms with Crippen LogP contribution in [0.4, 0.5) is 5.82 Å². The van der Waals surface area contributed by atoms with E-state index >= 15 is 0 Å². The van der Waals surface area contributed by atoms with Gasteiger partial charge in [0.1, 0.15) is 11.6 Å². The number of rotatable bonds is 5. The highest BCUT2D eigenvalue weighted by molar-refractivity contribution is 5.92. The van der Waals surface area contributed by atoms with Gasteiger partial charge in [0.2, 0.25) is 5.91 Å². The van der Waals surface area contributed by atoms with E-state index in [0.717, 1.165) is 41.6 Å². The second kappa shape index (κ2) is 9.77. The van der Waals surface area contributed by atoms with Crippen molar-refractivity contribution in [3.8, 4) is 11.3 Å². The number of carbonyl (C=O) groups is 1. The molecule has 1 saturated heterocycles. The van der Waals surface area contributed by atoms with Crippen molar-refractivity contribution in [3.05, 3.63) is 83.7 Å². The van der Waals surface area contributed by atoms with E-state index in [1.165, 1.54) is 5.56 Å². The van der Waals surface area contributed by atoms with Gasteiger partial charge in [-0.05, 0) is 30.0 Å². The van der Waals surface area contributed by atoms with Gasteiger partial charge in [0.15, 0.2) is 0 Å². The zero-order valence-electron chi connectivity index (χ0n) is 19.0. The van der Waals surface area contributed by atoms with Crippen molar-refractivity contribution in [2.24, 2.45) is 0 Å². The molecule has 5 heteroatoms. The summed E-state index contributed by atoms with van der Waals surface area (Å²) in [6, 6.07) is 20.6. The average Bonchev–Trinajstić information content (AvgIpc) is 2.83. The van der Waals surface area contributed by atoms with Crippen molar-refractivity contribution in [2.75, 3.05) is 31.1 Å². The third-order valence-corrected chi connectivity index (χ3v) is 5.83. The molecule has 0 atom stereocenters. The van der Waals surface area contributed by atoms with E-state index in [9.17, 15) is 4.79 Å². The minimum Gasteiger partial charge on any atom is -0.353 e. The Morgan fingerprint density at radius 2 is 1.62 bits per heavy atom. The highest BCUT2D eigenvalue weighted by Gasteiger charge is 2.21. The molecule has 1 amide bonds. The summed E-state index contributed by atoms with van der Waals surface area (Å²) in [5.74, 6) is 2.24. The Kier molecular flexibility index (Phi) is 6.64. The van der Waals surface area contributed by atoms with Crippen molar-refractivity contribution in [2.45, 2.75) is 26.7 Å². The van der Waals surface area contributed by atoms with E-state index in [0.29, 0.717) is 19.0 Å². The maximum Gasteiger partial charge on any atom is 0.246 e. The summed E-state index contributed by atoms with van der Waals surface area (Å²) in [7, 11) is 0. The van der Waals surface area contributed by atoms with Crippen LogP contribution in [-0.4, -0.2) is 47.0 Å². The molecule has 0 spiro atoms. The molecule has 164 valence electrons. The molecule has 0 radical (unpaired) electrons. The molecule has 2 aromatic carbocycles. The summed E-state index contributed by atoms with van der Waals surface area (Å²) >= 11 is 0. The van der Waals surface area contributed by atoms with Gasteiger partial charge in [0.05, 0.1) is 5.69 Å². The van der Waals surface area contributed by atoms with Crippen molar-refractivity contribution < 1.29 is 4.79 Å². The lowest BCUT2D eigenvalue weighted by Gasteiger charge is -2.35. The number of benzene rings is 2. The monoisotopic (exact) mass is 426 g/mol. The molecular weight excluding hydrogens is 396 g/mol. The molecule has 1 aromatic heterocycles. The Balaban J connectivity index is 1.38. The summed E-state index contributed by atoms with van der Waals surface area (Å²) < 4.78 is 0. The highest BCUT2D eigenvalue weighted by atomic mass is 16.2. The second-order valence-electron chi connectivity index (χ2n) is 8.49. The minimum absolute atomic E-state index is 0.0569. The summed E-state index contributed by atoms with van der Waals surface area (Å²) in [5.41, 5.74) is 4.36. The first-order valence-electron chi connectivity index (χ1n) is 11.2. The van der Waals surface area contributed by atoms with Crippen LogP contribution in [0, 0.1) is 6.92 Å². The van der Waals surface area contributed by atoms with E-state index in [4.69, 9.17) is 0 Å². The van der Waals surface area contributed by atoms with E-state index in [-0.39, 0.29) is 5.91 Å². The quantitative estimate of drug-likeness (QED) is 0.543. The topological polar surface area (TPSA) is 49.3 Å². The Bertz CT molecular complexity index is 1080. The van der Waals surface area contributed by atoms with Gasteiger partial charge in [-0.15, -0.1) is 0 Å². The summed E-state index contributed by atoms with van der Waals surface area (Å²) in [6.45, 7) is 9.16. The molecule has 0 saturated carbocycles. The number of piperazine rings is 1. The normalized spacial score (nSPS) is 14.4. The maximum absolute atomic E-state index is 12.7. The number of aromatic nitrogens is 2. The second-order valence-corrected chi connectivity index (χ2v) is 8.49. The Hall–Kier alpha value is -3.47. The van der Waals surface area contributed by atoms with Gasteiger partial charge in [-0.3, -0.25) is 4.79 Å². The van der Waals surface area contributed by atoms with Gasteiger partial charge in [-0.25, -0.2) is 9.97 Å². The van der Waals surface area contributed by atoms with Crippen molar-refractivity contribution >= 4 is 17.8 Å². The largest absolute Gasteiger partial charge is 0.353 e. The van der Waals surface area contributed by atoms with Crippen LogP contribution in [0.25, 0.3) is 17.3 Å². The van der Waals surface area contributed by atoms with Crippen molar-refractivity contribution in [1.82, 2.24) is 14.9 Å². The average molecular weight is 427 g/mol. The summed E-state index contributed by atoms with van der Waals surface area (Å²) in [4.78, 5) is 26.1. The van der Waals surface area contributed by atoms with Gasteiger partial charge in [0.25, 0.3) is 0 Å². The molecule has 1 fully saturated rings. The molecule has 0 unspecified atom stereocenters. The number of carbonyl (C=O) groups excluding carboxylic acids is 1. The van der Waals surface area contributed by atoms with Crippen LogP contribution in [0.2, 0.25) is 0 Å².